The van der Waals surface area contributed by atoms with Gasteiger partial charge in [0.15, 0.2) is 0 Å². The van der Waals surface area contributed by atoms with Crippen LogP contribution in [0.3, 0.4) is 0 Å². The Morgan fingerprint density at radius 3 is 2.62 bits per heavy atom. The molecular formula is C10H20N2O. The number of hydrogen-bond donors (Lipinski definition) is 2. The lowest BCUT2D eigenvalue weighted by atomic mass is 10.2. The third-order valence-corrected chi connectivity index (χ3v) is 2.62. The van der Waals surface area contributed by atoms with Crippen molar-refractivity contribution in [3.05, 3.63) is 0 Å². The van der Waals surface area contributed by atoms with Crippen molar-refractivity contribution < 1.29 is 4.79 Å². The summed E-state index contributed by atoms with van der Waals surface area (Å²) in [6.07, 6.45) is 1.08. The van der Waals surface area contributed by atoms with Crippen LogP contribution in [-0.2, 0) is 4.79 Å². The van der Waals surface area contributed by atoms with Gasteiger partial charge in [0, 0.05) is 12.5 Å². The van der Waals surface area contributed by atoms with Gasteiger partial charge in [-0.25, -0.2) is 0 Å². The molecule has 1 amide bonds. The summed E-state index contributed by atoms with van der Waals surface area (Å²) < 4.78 is 0. The standard InChI is InChI=1S/C10H20N2O/c1-7(5-11-3)6-12-10(13)9-4-8(9)2/h7-9,11H,4-6H2,1-3H3,(H,12,13). The normalized spacial score (nSPS) is 28.2. The molecule has 1 aliphatic carbocycles. The van der Waals surface area contributed by atoms with Crippen molar-refractivity contribution in [2.45, 2.75) is 20.3 Å². The second kappa shape index (κ2) is 4.61. The summed E-state index contributed by atoms with van der Waals surface area (Å²) in [6, 6.07) is 0. The number of nitrogens with one attached hydrogen (secondary N) is 2. The first-order valence-electron chi connectivity index (χ1n) is 5.07. The van der Waals surface area contributed by atoms with E-state index in [-0.39, 0.29) is 5.91 Å². The Kier molecular flexibility index (Phi) is 3.72. The van der Waals surface area contributed by atoms with Crippen molar-refractivity contribution in [1.82, 2.24) is 10.6 Å². The summed E-state index contributed by atoms with van der Waals surface area (Å²) in [5.41, 5.74) is 0. The molecule has 3 unspecified atom stereocenters. The molecule has 1 saturated carbocycles. The fourth-order valence-electron chi connectivity index (χ4n) is 1.51. The number of rotatable bonds is 5. The molecule has 0 aromatic carbocycles. The van der Waals surface area contributed by atoms with E-state index in [1.807, 2.05) is 7.05 Å². The van der Waals surface area contributed by atoms with Crippen molar-refractivity contribution in [3.63, 3.8) is 0 Å². The maximum atomic E-state index is 11.4. The van der Waals surface area contributed by atoms with Crippen LogP contribution in [-0.4, -0.2) is 26.0 Å². The van der Waals surface area contributed by atoms with E-state index in [1.54, 1.807) is 0 Å². The van der Waals surface area contributed by atoms with Crippen LogP contribution in [0, 0.1) is 17.8 Å². The highest BCUT2D eigenvalue weighted by Crippen LogP contribution is 2.37. The highest BCUT2D eigenvalue weighted by molar-refractivity contribution is 5.81. The van der Waals surface area contributed by atoms with Gasteiger partial charge in [-0.15, -0.1) is 0 Å². The Hall–Kier alpha value is -0.570. The molecular weight excluding hydrogens is 164 g/mol. The van der Waals surface area contributed by atoms with E-state index in [0.29, 0.717) is 17.8 Å². The van der Waals surface area contributed by atoms with Gasteiger partial charge in [0.25, 0.3) is 0 Å². The molecule has 1 rings (SSSR count). The smallest absolute Gasteiger partial charge is 0.223 e. The van der Waals surface area contributed by atoms with Gasteiger partial charge < -0.3 is 10.6 Å². The lowest BCUT2D eigenvalue weighted by Crippen LogP contribution is -2.33. The van der Waals surface area contributed by atoms with Gasteiger partial charge in [-0.1, -0.05) is 13.8 Å². The minimum atomic E-state index is 0.246. The molecule has 3 atom stereocenters. The maximum absolute atomic E-state index is 11.4. The first-order valence-corrected chi connectivity index (χ1v) is 5.07. The third kappa shape index (κ3) is 3.35. The van der Waals surface area contributed by atoms with Crippen LogP contribution in [0.25, 0.3) is 0 Å². The molecule has 13 heavy (non-hydrogen) atoms. The van der Waals surface area contributed by atoms with E-state index in [1.165, 1.54) is 0 Å². The van der Waals surface area contributed by atoms with Gasteiger partial charge in [-0.3, -0.25) is 4.79 Å². The van der Waals surface area contributed by atoms with E-state index in [0.717, 1.165) is 19.5 Å². The van der Waals surface area contributed by atoms with Gasteiger partial charge in [-0.05, 0) is 31.8 Å². The zero-order valence-electron chi connectivity index (χ0n) is 8.76. The average Bonchev–Trinajstić information content (AvgIpc) is 2.79. The average molecular weight is 184 g/mol. The van der Waals surface area contributed by atoms with Gasteiger partial charge in [0.1, 0.15) is 0 Å². The minimum absolute atomic E-state index is 0.246. The van der Waals surface area contributed by atoms with E-state index in [2.05, 4.69) is 24.5 Å². The number of carbonyl (C=O) groups is 1. The fraction of sp³-hybridized carbons (Fsp3) is 0.900. The zero-order valence-corrected chi connectivity index (χ0v) is 8.76. The Balaban J connectivity index is 2.08. The van der Waals surface area contributed by atoms with E-state index in [4.69, 9.17) is 0 Å². The number of hydrogen-bond acceptors (Lipinski definition) is 2. The van der Waals surface area contributed by atoms with Crippen LogP contribution in [0.4, 0.5) is 0 Å². The Morgan fingerprint density at radius 1 is 1.54 bits per heavy atom. The molecule has 0 radical (unpaired) electrons. The minimum Gasteiger partial charge on any atom is -0.356 e. The van der Waals surface area contributed by atoms with Gasteiger partial charge in [0.05, 0.1) is 0 Å². The summed E-state index contributed by atoms with van der Waals surface area (Å²) in [5.74, 6) is 1.68. The lowest BCUT2D eigenvalue weighted by molar-refractivity contribution is -0.122. The lowest BCUT2D eigenvalue weighted by Gasteiger charge is -2.11. The van der Waals surface area contributed by atoms with E-state index in [9.17, 15) is 4.79 Å². The summed E-state index contributed by atoms with van der Waals surface area (Å²) in [4.78, 5) is 11.4. The van der Waals surface area contributed by atoms with Crippen LogP contribution in [0.5, 0.6) is 0 Å². The highest BCUT2D eigenvalue weighted by Gasteiger charge is 2.38. The highest BCUT2D eigenvalue weighted by atomic mass is 16.2. The molecule has 3 nitrogen and oxygen atoms in total. The fourth-order valence-corrected chi connectivity index (χ4v) is 1.51. The van der Waals surface area contributed by atoms with Crippen molar-refractivity contribution in [2.24, 2.45) is 17.8 Å². The second-order valence-corrected chi connectivity index (χ2v) is 4.23. The van der Waals surface area contributed by atoms with E-state index < -0.39 is 0 Å². The predicted molar refractivity (Wildman–Crippen MR) is 53.4 cm³/mol. The molecule has 0 bridgehead atoms. The van der Waals surface area contributed by atoms with Crippen LogP contribution in [0.15, 0.2) is 0 Å². The first-order chi connectivity index (χ1) is 6.15. The predicted octanol–water partition coefficient (Wildman–Crippen LogP) is 0.614. The SMILES string of the molecule is CNCC(C)CNC(=O)C1CC1C. The van der Waals surface area contributed by atoms with Gasteiger partial charge >= 0.3 is 0 Å². The molecule has 1 aliphatic rings. The Labute approximate surface area is 80.3 Å². The topological polar surface area (TPSA) is 41.1 Å². The molecule has 2 N–H and O–H groups in total. The molecule has 0 aromatic heterocycles. The first kappa shape index (κ1) is 10.5. The van der Waals surface area contributed by atoms with Crippen LogP contribution < -0.4 is 10.6 Å². The third-order valence-electron chi connectivity index (χ3n) is 2.62. The zero-order chi connectivity index (χ0) is 9.84. The molecule has 0 saturated heterocycles. The van der Waals surface area contributed by atoms with Crippen molar-refractivity contribution >= 4 is 5.91 Å². The Bertz CT molecular complexity index is 182. The number of carbonyl (C=O) groups excluding carboxylic acids is 1. The number of amides is 1. The Morgan fingerprint density at radius 2 is 2.15 bits per heavy atom. The largest absolute Gasteiger partial charge is 0.356 e. The van der Waals surface area contributed by atoms with Crippen molar-refractivity contribution in [2.75, 3.05) is 20.1 Å². The molecule has 0 heterocycles. The molecule has 0 spiro atoms. The van der Waals surface area contributed by atoms with Crippen molar-refractivity contribution in [1.29, 1.82) is 0 Å². The summed E-state index contributed by atoms with van der Waals surface area (Å²) >= 11 is 0. The van der Waals surface area contributed by atoms with Gasteiger partial charge in [0.2, 0.25) is 5.91 Å². The van der Waals surface area contributed by atoms with Gasteiger partial charge in [-0.2, -0.15) is 0 Å². The summed E-state index contributed by atoms with van der Waals surface area (Å²) in [6.45, 7) is 6.01. The quantitative estimate of drug-likeness (QED) is 0.657. The van der Waals surface area contributed by atoms with E-state index >= 15 is 0 Å². The van der Waals surface area contributed by atoms with Crippen LogP contribution >= 0.6 is 0 Å². The molecule has 0 aliphatic heterocycles. The van der Waals surface area contributed by atoms with Crippen molar-refractivity contribution in [3.8, 4) is 0 Å². The molecule has 3 heteroatoms. The summed E-state index contributed by atoms with van der Waals surface area (Å²) in [5, 5.41) is 6.07. The van der Waals surface area contributed by atoms with Crippen LogP contribution in [0.1, 0.15) is 20.3 Å². The molecule has 1 fully saturated rings. The summed E-state index contributed by atoms with van der Waals surface area (Å²) in [7, 11) is 1.93. The molecule has 0 aromatic rings. The second-order valence-electron chi connectivity index (χ2n) is 4.23. The van der Waals surface area contributed by atoms with Crippen LogP contribution in [0.2, 0.25) is 0 Å². The molecule has 76 valence electrons. The monoisotopic (exact) mass is 184 g/mol. The maximum Gasteiger partial charge on any atom is 0.223 e.